The number of anilines is 2. The van der Waals surface area contributed by atoms with Crippen LogP contribution in [0.15, 0.2) is 42.9 Å². The summed E-state index contributed by atoms with van der Waals surface area (Å²) < 4.78 is 79.6. The molecule has 0 bridgehead atoms. The first-order valence-corrected chi connectivity index (χ1v) is 11.6. The van der Waals surface area contributed by atoms with Crippen molar-refractivity contribution in [3.05, 3.63) is 54.2 Å². The monoisotopic (exact) mass is 558 g/mol. The normalized spacial score (nSPS) is 18.5. The lowest BCUT2D eigenvalue weighted by atomic mass is 9.85. The van der Waals surface area contributed by atoms with Gasteiger partial charge in [0.25, 0.3) is 5.91 Å². The Bertz CT molecular complexity index is 1370. The fraction of sp³-hybridized carbons (Fsp3) is 0.417. The highest BCUT2D eigenvalue weighted by atomic mass is 19.4. The van der Waals surface area contributed by atoms with Gasteiger partial charge < -0.3 is 20.4 Å². The van der Waals surface area contributed by atoms with Crippen molar-refractivity contribution in [3.8, 4) is 11.3 Å². The molecule has 0 saturated carbocycles. The number of nitrogens with one attached hydrogen (secondary N) is 1. The van der Waals surface area contributed by atoms with Gasteiger partial charge in [0.1, 0.15) is 17.8 Å². The van der Waals surface area contributed by atoms with E-state index in [0.29, 0.717) is 4.68 Å². The number of aliphatic hydroxyl groups is 2. The van der Waals surface area contributed by atoms with Gasteiger partial charge in [-0.2, -0.15) is 31.4 Å². The van der Waals surface area contributed by atoms with E-state index in [1.54, 1.807) is 0 Å². The van der Waals surface area contributed by atoms with Gasteiger partial charge in [0.05, 0.1) is 35.1 Å². The number of carbonyl (C=O) groups excluding carboxylic acids is 1. The molecular weight excluding hydrogens is 534 g/mol. The van der Waals surface area contributed by atoms with Crippen molar-refractivity contribution in [1.29, 1.82) is 0 Å². The van der Waals surface area contributed by atoms with Crippen molar-refractivity contribution in [2.75, 3.05) is 23.3 Å². The number of hydrogen-bond donors (Lipinski definition) is 3. The predicted octanol–water partition coefficient (Wildman–Crippen LogP) is 3.89. The fourth-order valence-corrected chi connectivity index (χ4v) is 4.14. The van der Waals surface area contributed by atoms with E-state index in [4.69, 9.17) is 0 Å². The van der Waals surface area contributed by atoms with E-state index in [-0.39, 0.29) is 42.1 Å². The molecule has 1 unspecified atom stereocenters. The first-order valence-electron chi connectivity index (χ1n) is 11.6. The second-order valence-corrected chi connectivity index (χ2v) is 9.75. The average Bonchev–Trinajstić information content (AvgIpc) is 3.44. The van der Waals surface area contributed by atoms with E-state index in [1.807, 2.05) is 0 Å². The van der Waals surface area contributed by atoms with Gasteiger partial charge in [-0.05, 0) is 38.5 Å². The number of alkyl halides is 6. The maximum atomic E-state index is 13.7. The summed E-state index contributed by atoms with van der Waals surface area (Å²) in [7, 11) is 0. The van der Waals surface area contributed by atoms with E-state index >= 15 is 0 Å². The van der Waals surface area contributed by atoms with E-state index in [2.05, 4.69) is 20.4 Å². The minimum Gasteiger partial charge on any atom is -0.387 e. The van der Waals surface area contributed by atoms with Crippen molar-refractivity contribution in [2.45, 2.75) is 50.4 Å². The molecule has 1 amide bonds. The van der Waals surface area contributed by atoms with Crippen LogP contribution in [0.4, 0.5) is 37.7 Å². The van der Waals surface area contributed by atoms with Gasteiger partial charge in [-0.1, -0.05) is 6.07 Å². The number of halogens is 6. The molecule has 4 heterocycles. The van der Waals surface area contributed by atoms with Gasteiger partial charge in [0, 0.05) is 24.8 Å². The first-order chi connectivity index (χ1) is 18.0. The van der Waals surface area contributed by atoms with Gasteiger partial charge in [-0.15, -0.1) is 0 Å². The molecule has 1 atom stereocenters. The summed E-state index contributed by atoms with van der Waals surface area (Å²) >= 11 is 0. The molecule has 0 spiro atoms. The van der Waals surface area contributed by atoms with Crippen LogP contribution in [-0.4, -0.2) is 66.3 Å². The highest BCUT2D eigenvalue weighted by Crippen LogP contribution is 2.38. The summed E-state index contributed by atoms with van der Waals surface area (Å²) in [5, 5.41) is 26.8. The minimum absolute atomic E-state index is 0.0808. The summed E-state index contributed by atoms with van der Waals surface area (Å²) in [6.45, 7) is 1.65. The molecule has 0 aromatic carbocycles. The van der Waals surface area contributed by atoms with Crippen molar-refractivity contribution in [2.24, 2.45) is 0 Å². The Balaban J connectivity index is 1.59. The van der Waals surface area contributed by atoms with Crippen molar-refractivity contribution in [1.82, 2.24) is 19.7 Å². The molecule has 39 heavy (non-hydrogen) atoms. The highest BCUT2D eigenvalue weighted by molar-refractivity contribution is 6.03. The minimum atomic E-state index is -4.91. The third kappa shape index (κ3) is 6.30. The van der Waals surface area contributed by atoms with Crippen LogP contribution in [0.5, 0.6) is 0 Å². The summed E-state index contributed by atoms with van der Waals surface area (Å²) in [5.41, 5.74) is -4.88. The molecule has 3 N–H and O–H groups in total. The average molecular weight is 558 g/mol. The molecule has 9 nitrogen and oxygen atoms in total. The fourth-order valence-electron chi connectivity index (χ4n) is 4.14. The maximum Gasteiger partial charge on any atom is 0.435 e. The summed E-state index contributed by atoms with van der Waals surface area (Å²) in [5.74, 6) is -1.02. The number of rotatable bonds is 6. The number of nitrogens with zero attached hydrogens (tertiary/aromatic N) is 5. The van der Waals surface area contributed by atoms with Gasteiger partial charge in [-0.3, -0.25) is 9.48 Å². The third-order valence-electron chi connectivity index (χ3n) is 6.39. The number of pyridine rings is 2. The second-order valence-electron chi connectivity index (χ2n) is 9.75. The molecular formula is C24H24F6N6O3. The highest BCUT2D eigenvalue weighted by Gasteiger charge is 2.47. The SMILES string of the molecule is CC(C)(O)C1(O)CCN(c2cnc(C(F)(F)F)c(NC(=O)c3cccc(-c4cnn(CC(F)(F)F)c4)n3)c2)C1. The standard InChI is InChI=1S/C24H24F6N6O3/c1-21(2,38)22(39)6-7-35(12-22)15-8-18(19(31-10-15)24(28,29)30)34-20(37)17-5-3-4-16(33-17)14-9-32-36(11-14)13-23(25,26)27/h3-5,8-11,38-39H,6-7,12-13H2,1-2H3,(H,34,37). The molecule has 3 aromatic heterocycles. The van der Waals surface area contributed by atoms with Crippen LogP contribution < -0.4 is 10.2 Å². The molecule has 3 aromatic rings. The zero-order valence-electron chi connectivity index (χ0n) is 20.7. The van der Waals surface area contributed by atoms with Crippen molar-refractivity contribution < 1.29 is 41.4 Å². The number of β-amino-alcohol motifs (C(OH)–C–C–N with tert-alkyl or cyclic N) is 1. The summed E-state index contributed by atoms with van der Waals surface area (Å²) in [6, 6.07) is 5.08. The Morgan fingerprint density at radius 1 is 1.15 bits per heavy atom. The maximum absolute atomic E-state index is 13.7. The lowest BCUT2D eigenvalue weighted by molar-refractivity contribution is -0.142. The smallest absolute Gasteiger partial charge is 0.387 e. The Morgan fingerprint density at radius 2 is 1.87 bits per heavy atom. The largest absolute Gasteiger partial charge is 0.435 e. The van der Waals surface area contributed by atoms with Crippen molar-refractivity contribution in [3.63, 3.8) is 0 Å². The molecule has 15 heteroatoms. The molecule has 210 valence electrons. The molecule has 0 aliphatic carbocycles. The van der Waals surface area contributed by atoms with Gasteiger partial charge in [0.2, 0.25) is 0 Å². The van der Waals surface area contributed by atoms with E-state index in [9.17, 15) is 41.4 Å². The molecule has 1 saturated heterocycles. The number of amides is 1. The van der Waals surface area contributed by atoms with Crippen LogP contribution >= 0.6 is 0 Å². The van der Waals surface area contributed by atoms with Crippen LogP contribution in [-0.2, 0) is 12.7 Å². The van der Waals surface area contributed by atoms with E-state index < -0.39 is 47.4 Å². The zero-order valence-corrected chi connectivity index (χ0v) is 20.7. The van der Waals surface area contributed by atoms with Crippen LogP contribution in [0, 0.1) is 0 Å². The lowest BCUT2D eigenvalue weighted by Crippen LogP contribution is -2.52. The predicted molar refractivity (Wildman–Crippen MR) is 127 cm³/mol. The van der Waals surface area contributed by atoms with Crippen LogP contribution in [0.25, 0.3) is 11.3 Å². The molecule has 1 fully saturated rings. The molecule has 1 aliphatic rings. The Morgan fingerprint density at radius 3 is 2.49 bits per heavy atom. The number of carbonyl (C=O) groups is 1. The third-order valence-corrected chi connectivity index (χ3v) is 6.39. The van der Waals surface area contributed by atoms with E-state index in [1.165, 1.54) is 36.9 Å². The van der Waals surface area contributed by atoms with Gasteiger partial charge in [0.15, 0.2) is 5.69 Å². The van der Waals surface area contributed by atoms with Gasteiger partial charge >= 0.3 is 12.4 Å². The van der Waals surface area contributed by atoms with E-state index in [0.717, 1.165) is 24.7 Å². The topological polar surface area (TPSA) is 116 Å². The van der Waals surface area contributed by atoms with Crippen LogP contribution in [0.1, 0.15) is 36.5 Å². The van der Waals surface area contributed by atoms with Gasteiger partial charge in [-0.25, -0.2) is 9.97 Å². The Kier molecular flexibility index (Phi) is 7.10. The number of aromatic nitrogens is 4. The zero-order chi connectivity index (χ0) is 28.8. The molecule has 4 rings (SSSR count). The Hall–Kier alpha value is -3.72. The van der Waals surface area contributed by atoms with Crippen LogP contribution in [0.3, 0.4) is 0 Å². The van der Waals surface area contributed by atoms with Crippen LogP contribution in [0.2, 0.25) is 0 Å². The van der Waals surface area contributed by atoms with Crippen molar-refractivity contribution >= 4 is 17.3 Å². The summed E-state index contributed by atoms with van der Waals surface area (Å²) in [6.07, 6.45) is -6.10. The molecule has 1 aliphatic heterocycles. The Labute approximate surface area is 218 Å². The summed E-state index contributed by atoms with van der Waals surface area (Å²) in [4.78, 5) is 22.0. The molecule has 0 radical (unpaired) electrons. The first kappa shape index (κ1) is 28.3. The quantitative estimate of drug-likeness (QED) is 0.393. The number of hydrogen-bond acceptors (Lipinski definition) is 7. The lowest BCUT2D eigenvalue weighted by Gasteiger charge is -2.35. The second kappa shape index (κ2) is 9.79.